The van der Waals surface area contributed by atoms with Crippen molar-refractivity contribution in [1.82, 2.24) is 0 Å². The van der Waals surface area contributed by atoms with E-state index in [-0.39, 0.29) is 10.8 Å². The van der Waals surface area contributed by atoms with Crippen molar-refractivity contribution >= 4 is 17.1 Å². The van der Waals surface area contributed by atoms with Crippen molar-refractivity contribution in [3.8, 4) is 33.4 Å². The van der Waals surface area contributed by atoms with Crippen LogP contribution in [0, 0.1) is 0 Å². The smallest absolute Gasteiger partial charge is 0.0540 e. The maximum Gasteiger partial charge on any atom is 0.0540 e. The van der Waals surface area contributed by atoms with Crippen LogP contribution in [0.5, 0.6) is 0 Å². The Morgan fingerprint density at radius 2 is 1.05 bits per heavy atom. The summed E-state index contributed by atoms with van der Waals surface area (Å²) in [6.07, 6.45) is 0. The van der Waals surface area contributed by atoms with Crippen LogP contribution in [-0.2, 0) is 10.8 Å². The molecular weight excluding hydrogens is 530 g/mol. The average molecular weight is 570 g/mol. The first-order valence-corrected chi connectivity index (χ1v) is 15.6. The maximum absolute atomic E-state index is 2.50. The molecule has 0 amide bonds. The number of anilines is 3. The van der Waals surface area contributed by atoms with Gasteiger partial charge in [0.2, 0.25) is 0 Å². The number of nitrogens with zero attached hydrogens (tertiary/aromatic N) is 1. The lowest BCUT2D eigenvalue weighted by molar-refractivity contribution is 0.591. The van der Waals surface area contributed by atoms with E-state index >= 15 is 0 Å². The van der Waals surface area contributed by atoms with Crippen LogP contribution in [0.1, 0.15) is 51.3 Å². The molecule has 216 valence electrons. The summed E-state index contributed by atoms with van der Waals surface area (Å²) in [4.78, 5) is 2.50. The lowest BCUT2D eigenvalue weighted by atomic mass is 9.82. The largest absolute Gasteiger partial charge is 0.310 e. The number of benzene rings is 6. The molecule has 0 heterocycles. The Labute approximate surface area is 262 Å². The third-order valence-corrected chi connectivity index (χ3v) is 9.21. The molecular formula is C43H39N. The molecule has 6 aromatic rings. The van der Waals surface area contributed by atoms with Crippen molar-refractivity contribution in [1.29, 1.82) is 0 Å². The zero-order valence-electron chi connectivity index (χ0n) is 26.3. The monoisotopic (exact) mass is 569 g/mol. The van der Waals surface area contributed by atoms with Crippen LogP contribution in [0.25, 0.3) is 33.4 Å². The second-order valence-corrected chi connectivity index (χ2v) is 13.5. The Morgan fingerprint density at radius 3 is 1.75 bits per heavy atom. The summed E-state index contributed by atoms with van der Waals surface area (Å²) in [5.41, 5.74) is 15.0. The molecule has 0 atom stereocenters. The summed E-state index contributed by atoms with van der Waals surface area (Å²) in [5, 5.41) is 0. The highest BCUT2D eigenvalue weighted by Crippen LogP contribution is 2.52. The van der Waals surface area contributed by atoms with Gasteiger partial charge >= 0.3 is 0 Å². The highest BCUT2D eigenvalue weighted by atomic mass is 15.1. The van der Waals surface area contributed by atoms with Crippen LogP contribution < -0.4 is 4.90 Å². The lowest BCUT2D eigenvalue weighted by Crippen LogP contribution is -2.21. The van der Waals surface area contributed by atoms with Crippen molar-refractivity contribution in [2.24, 2.45) is 0 Å². The van der Waals surface area contributed by atoms with Crippen molar-refractivity contribution in [2.75, 3.05) is 4.90 Å². The third-order valence-electron chi connectivity index (χ3n) is 9.21. The number of rotatable bonds is 5. The molecule has 0 radical (unpaired) electrons. The molecule has 0 fully saturated rings. The van der Waals surface area contributed by atoms with Crippen molar-refractivity contribution in [3.63, 3.8) is 0 Å². The van der Waals surface area contributed by atoms with Crippen molar-refractivity contribution < 1.29 is 0 Å². The molecule has 0 unspecified atom stereocenters. The summed E-state index contributed by atoms with van der Waals surface area (Å²) in [5.74, 6) is 0. The summed E-state index contributed by atoms with van der Waals surface area (Å²) in [6, 6.07) is 53.3. The first-order chi connectivity index (χ1) is 21.2. The molecule has 1 aliphatic rings. The van der Waals surface area contributed by atoms with Crippen LogP contribution >= 0.6 is 0 Å². The van der Waals surface area contributed by atoms with Gasteiger partial charge in [0.1, 0.15) is 0 Å². The molecule has 0 aromatic heterocycles. The van der Waals surface area contributed by atoms with Gasteiger partial charge in [-0.1, -0.05) is 150 Å². The molecule has 1 aliphatic carbocycles. The van der Waals surface area contributed by atoms with Gasteiger partial charge in [0.15, 0.2) is 0 Å². The van der Waals surface area contributed by atoms with E-state index in [1.807, 2.05) is 0 Å². The van der Waals surface area contributed by atoms with E-state index in [1.54, 1.807) is 0 Å². The van der Waals surface area contributed by atoms with Gasteiger partial charge in [-0.15, -0.1) is 0 Å². The molecule has 1 nitrogen and oxygen atoms in total. The number of hydrogen-bond acceptors (Lipinski definition) is 1. The van der Waals surface area contributed by atoms with Crippen molar-refractivity contribution in [2.45, 2.75) is 45.4 Å². The van der Waals surface area contributed by atoms with Crippen molar-refractivity contribution in [3.05, 3.63) is 162 Å². The third kappa shape index (κ3) is 4.74. The van der Waals surface area contributed by atoms with E-state index in [4.69, 9.17) is 0 Å². The fourth-order valence-electron chi connectivity index (χ4n) is 6.91. The molecule has 1 heteroatoms. The van der Waals surface area contributed by atoms with Gasteiger partial charge in [-0.3, -0.25) is 0 Å². The van der Waals surface area contributed by atoms with Gasteiger partial charge in [-0.05, 0) is 80.3 Å². The highest BCUT2D eigenvalue weighted by Gasteiger charge is 2.36. The summed E-state index contributed by atoms with van der Waals surface area (Å²) >= 11 is 0. The molecule has 0 saturated carbocycles. The second kappa shape index (κ2) is 10.7. The molecule has 0 bridgehead atoms. The van der Waals surface area contributed by atoms with Gasteiger partial charge < -0.3 is 4.90 Å². The number of para-hydroxylation sites is 1. The fraction of sp³-hybridized carbons (Fsp3) is 0.163. The van der Waals surface area contributed by atoms with Gasteiger partial charge in [0.25, 0.3) is 0 Å². The van der Waals surface area contributed by atoms with Crippen LogP contribution in [0.15, 0.2) is 146 Å². The molecule has 6 aromatic carbocycles. The summed E-state index contributed by atoms with van der Waals surface area (Å²) in [7, 11) is 0. The van der Waals surface area contributed by atoms with Gasteiger partial charge in [-0.2, -0.15) is 0 Å². The predicted molar refractivity (Wildman–Crippen MR) is 188 cm³/mol. The standard InChI is InChI=1S/C43H39N/c1-42(2,3)39-28-32(30-16-8-6-9-17-30)24-27-41(39)44(40-23-15-13-20-34(40)31-18-10-7-11-19-31)33-25-26-36-35-21-12-14-22-37(35)43(4,5)38(36)29-33/h6-29H,1-5H3. The van der Waals surface area contributed by atoms with Crippen LogP contribution in [-0.4, -0.2) is 0 Å². The predicted octanol–water partition coefficient (Wildman–Crippen LogP) is 12.1. The molecule has 44 heavy (non-hydrogen) atoms. The van der Waals surface area contributed by atoms with Gasteiger partial charge in [0.05, 0.1) is 5.69 Å². The minimum atomic E-state index is -0.0910. The fourth-order valence-corrected chi connectivity index (χ4v) is 6.91. The average Bonchev–Trinajstić information content (AvgIpc) is 3.28. The minimum Gasteiger partial charge on any atom is -0.310 e. The lowest BCUT2D eigenvalue weighted by Gasteiger charge is -2.34. The Hall–Kier alpha value is -4.88. The summed E-state index contributed by atoms with van der Waals surface area (Å²) < 4.78 is 0. The summed E-state index contributed by atoms with van der Waals surface area (Å²) in [6.45, 7) is 11.7. The van der Waals surface area contributed by atoms with E-state index < -0.39 is 0 Å². The quantitative estimate of drug-likeness (QED) is 0.200. The molecule has 7 rings (SSSR count). The Bertz CT molecular complexity index is 1960. The zero-order chi connectivity index (χ0) is 30.5. The number of fused-ring (bicyclic) bond motifs is 3. The van der Waals surface area contributed by atoms with E-state index in [0.29, 0.717) is 0 Å². The minimum absolute atomic E-state index is 0.0867. The Balaban J connectivity index is 1.50. The SMILES string of the molecule is CC(C)(C)c1cc(-c2ccccc2)ccc1N(c1ccc2c(c1)C(C)(C)c1ccccc1-2)c1ccccc1-c1ccccc1. The second-order valence-electron chi connectivity index (χ2n) is 13.5. The first kappa shape index (κ1) is 27.9. The maximum atomic E-state index is 2.50. The molecule has 0 saturated heterocycles. The molecule has 0 N–H and O–H groups in total. The topological polar surface area (TPSA) is 3.24 Å². The van der Waals surface area contributed by atoms with E-state index in [9.17, 15) is 0 Å². The van der Waals surface area contributed by atoms with E-state index in [1.165, 1.54) is 67.1 Å². The first-order valence-electron chi connectivity index (χ1n) is 15.6. The highest BCUT2D eigenvalue weighted by molar-refractivity contribution is 5.92. The van der Waals surface area contributed by atoms with Gasteiger partial charge in [-0.25, -0.2) is 0 Å². The number of hydrogen-bond donors (Lipinski definition) is 0. The zero-order valence-corrected chi connectivity index (χ0v) is 26.3. The van der Waals surface area contributed by atoms with Crippen LogP contribution in [0.3, 0.4) is 0 Å². The van der Waals surface area contributed by atoms with E-state index in [2.05, 4.69) is 185 Å². The van der Waals surface area contributed by atoms with Crippen LogP contribution in [0.4, 0.5) is 17.1 Å². The van der Waals surface area contributed by atoms with E-state index in [0.717, 1.165) is 0 Å². The van der Waals surface area contributed by atoms with Gasteiger partial charge in [0, 0.05) is 22.4 Å². The molecule has 0 spiro atoms. The van der Waals surface area contributed by atoms with Crippen LogP contribution in [0.2, 0.25) is 0 Å². The Morgan fingerprint density at radius 1 is 0.455 bits per heavy atom. The molecule has 0 aliphatic heterocycles. The normalized spacial score (nSPS) is 13.3. The Kier molecular flexibility index (Phi) is 6.78.